The quantitative estimate of drug-likeness (QED) is 0.604. The number of hydrogen-bond donors (Lipinski definition) is 1. The molecule has 142 valence electrons. The molecule has 7 nitrogen and oxygen atoms in total. The van der Waals surface area contributed by atoms with Crippen LogP contribution in [-0.2, 0) is 24.8 Å². The highest BCUT2D eigenvalue weighted by Crippen LogP contribution is 2.20. The van der Waals surface area contributed by atoms with E-state index in [1.165, 1.54) is 17.5 Å². The Morgan fingerprint density at radius 1 is 1.26 bits per heavy atom. The number of amides is 1. The minimum Gasteiger partial charge on any atom is -0.497 e. The number of thioether (sulfide) groups is 1. The summed E-state index contributed by atoms with van der Waals surface area (Å²) in [5.41, 5.74) is 1.88. The standard InChI is InChI=1S/C19H23N5O2S/c1-4-24-17(12-15-8-6-10-23(15)2)21-22-19(24)27-13-18(25)20-14-7-5-9-16(11-14)26-3/h5-11H,4,12-13H2,1-3H3,(H,20,25). The predicted molar refractivity (Wildman–Crippen MR) is 106 cm³/mol. The average molecular weight is 385 g/mol. The fourth-order valence-corrected chi connectivity index (χ4v) is 3.57. The molecule has 2 aromatic heterocycles. The largest absolute Gasteiger partial charge is 0.497 e. The minimum atomic E-state index is -0.0945. The summed E-state index contributed by atoms with van der Waals surface area (Å²) in [5.74, 6) is 1.77. The van der Waals surface area contributed by atoms with E-state index in [0.717, 1.165) is 17.5 Å². The van der Waals surface area contributed by atoms with Gasteiger partial charge in [0, 0.05) is 43.7 Å². The lowest BCUT2D eigenvalue weighted by Crippen LogP contribution is -2.15. The van der Waals surface area contributed by atoms with Gasteiger partial charge in [-0.25, -0.2) is 0 Å². The van der Waals surface area contributed by atoms with Gasteiger partial charge in [-0.05, 0) is 31.2 Å². The summed E-state index contributed by atoms with van der Waals surface area (Å²) in [5, 5.41) is 12.2. The van der Waals surface area contributed by atoms with Crippen LogP contribution in [0.5, 0.6) is 5.75 Å². The van der Waals surface area contributed by atoms with Crippen molar-refractivity contribution in [1.82, 2.24) is 19.3 Å². The summed E-state index contributed by atoms with van der Waals surface area (Å²) < 4.78 is 9.29. The van der Waals surface area contributed by atoms with Crippen LogP contribution in [0.3, 0.4) is 0 Å². The highest BCUT2D eigenvalue weighted by Gasteiger charge is 2.14. The van der Waals surface area contributed by atoms with Gasteiger partial charge in [0.25, 0.3) is 0 Å². The van der Waals surface area contributed by atoms with Crippen molar-refractivity contribution in [2.75, 3.05) is 18.2 Å². The van der Waals surface area contributed by atoms with Gasteiger partial charge in [0.1, 0.15) is 11.6 Å². The monoisotopic (exact) mass is 385 g/mol. The summed E-state index contributed by atoms with van der Waals surface area (Å²) in [7, 11) is 3.61. The van der Waals surface area contributed by atoms with E-state index in [1.54, 1.807) is 13.2 Å². The van der Waals surface area contributed by atoms with E-state index in [2.05, 4.69) is 37.6 Å². The fraction of sp³-hybridized carbons (Fsp3) is 0.316. The first kappa shape index (κ1) is 19.0. The molecule has 0 spiro atoms. The van der Waals surface area contributed by atoms with E-state index in [4.69, 9.17) is 4.74 Å². The van der Waals surface area contributed by atoms with Crippen LogP contribution in [0, 0.1) is 0 Å². The Balaban J connectivity index is 1.62. The normalized spacial score (nSPS) is 10.8. The van der Waals surface area contributed by atoms with Crippen LogP contribution in [0.15, 0.2) is 47.8 Å². The number of nitrogens with one attached hydrogen (secondary N) is 1. The zero-order chi connectivity index (χ0) is 19.2. The van der Waals surface area contributed by atoms with E-state index in [9.17, 15) is 4.79 Å². The molecule has 0 aliphatic rings. The second kappa shape index (κ2) is 8.77. The number of methoxy groups -OCH3 is 1. The predicted octanol–water partition coefficient (Wildman–Crippen LogP) is 2.97. The van der Waals surface area contributed by atoms with Crippen molar-refractivity contribution in [2.24, 2.45) is 7.05 Å². The Morgan fingerprint density at radius 3 is 2.81 bits per heavy atom. The Hall–Kier alpha value is -2.74. The first-order valence-corrected chi connectivity index (χ1v) is 9.68. The molecular formula is C19H23N5O2S. The molecule has 3 aromatic rings. The number of carbonyl (C=O) groups is 1. The van der Waals surface area contributed by atoms with Gasteiger partial charge >= 0.3 is 0 Å². The van der Waals surface area contributed by atoms with Gasteiger partial charge in [0.05, 0.1) is 12.9 Å². The number of anilines is 1. The Labute approximate surface area is 162 Å². The average Bonchev–Trinajstić information content (AvgIpc) is 3.26. The van der Waals surface area contributed by atoms with Crippen molar-refractivity contribution >= 4 is 23.4 Å². The van der Waals surface area contributed by atoms with E-state index >= 15 is 0 Å². The van der Waals surface area contributed by atoms with Gasteiger partial charge in [-0.1, -0.05) is 17.8 Å². The number of carbonyl (C=O) groups excluding carboxylic acids is 1. The molecule has 0 radical (unpaired) electrons. The molecule has 0 aliphatic carbocycles. The third-order valence-electron chi connectivity index (χ3n) is 4.19. The van der Waals surface area contributed by atoms with E-state index in [0.29, 0.717) is 17.9 Å². The zero-order valence-electron chi connectivity index (χ0n) is 15.7. The first-order valence-electron chi connectivity index (χ1n) is 8.69. The molecule has 2 heterocycles. The molecule has 3 rings (SSSR count). The summed E-state index contributed by atoms with van der Waals surface area (Å²) in [6.45, 7) is 2.81. The van der Waals surface area contributed by atoms with Crippen molar-refractivity contribution in [3.05, 3.63) is 54.1 Å². The zero-order valence-corrected chi connectivity index (χ0v) is 16.5. The van der Waals surface area contributed by atoms with Crippen molar-refractivity contribution in [3.8, 4) is 5.75 Å². The molecule has 8 heteroatoms. The maximum Gasteiger partial charge on any atom is 0.234 e. The highest BCUT2D eigenvalue weighted by molar-refractivity contribution is 7.99. The van der Waals surface area contributed by atoms with Crippen LogP contribution >= 0.6 is 11.8 Å². The third kappa shape index (κ3) is 4.71. The number of hydrogen-bond acceptors (Lipinski definition) is 5. The molecule has 1 N–H and O–H groups in total. The van der Waals surface area contributed by atoms with Crippen molar-refractivity contribution in [1.29, 1.82) is 0 Å². The van der Waals surface area contributed by atoms with Crippen LogP contribution in [0.4, 0.5) is 5.69 Å². The van der Waals surface area contributed by atoms with Crippen LogP contribution in [-0.4, -0.2) is 38.1 Å². The number of aryl methyl sites for hydroxylation is 1. The minimum absolute atomic E-state index is 0.0945. The van der Waals surface area contributed by atoms with E-state index < -0.39 is 0 Å². The van der Waals surface area contributed by atoms with Crippen molar-refractivity contribution in [2.45, 2.75) is 25.0 Å². The molecule has 1 amide bonds. The number of nitrogens with zero attached hydrogens (tertiary/aromatic N) is 4. The Kier molecular flexibility index (Phi) is 6.18. The molecule has 0 unspecified atom stereocenters. The Bertz CT molecular complexity index is 918. The number of rotatable bonds is 8. The lowest BCUT2D eigenvalue weighted by atomic mass is 10.3. The van der Waals surface area contributed by atoms with Gasteiger partial charge in [-0.2, -0.15) is 0 Å². The maximum absolute atomic E-state index is 12.3. The van der Waals surface area contributed by atoms with E-state index in [1.807, 2.05) is 37.5 Å². The molecule has 0 atom stereocenters. The SMILES string of the molecule is CCn1c(Cc2cccn2C)nnc1SCC(=O)Nc1cccc(OC)c1. The lowest BCUT2D eigenvalue weighted by molar-refractivity contribution is -0.113. The Morgan fingerprint density at radius 2 is 2.11 bits per heavy atom. The van der Waals surface area contributed by atoms with Crippen LogP contribution in [0.2, 0.25) is 0 Å². The molecule has 0 bridgehead atoms. The highest BCUT2D eigenvalue weighted by atomic mass is 32.2. The topological polar surface area (TPSA) is 74.0 Å². The molecule has 0 aliphatic heterocycles. The van der Waals surface area contributed by atoms with Crippen molar-refractivity contribution in [3.63, 3.8) is 0 Å². The van der Waals surface area contributed by atoms with Gasteiger partial charge in [0.15, 0.2) is 5.16 Å². The molecular weight excluding hydrogens is 362 g/mol. The van der Waals surface area contributed by atoms with Crippen LogP contribution in [0.25, 0.3) is 0 Å². The van der Waals surface area contributed by atoms with Gasteiger partial charge in [-0.3, -0.25) is 4.79 Å². The van der Waals surface area contributed by atoms with E-state index in [-0.39, 0.29) is 11.7 Å². The number of ether oxygens (including phenoxy) is 1. The molecule has 27 heavy (non-hydrogen) atoms. The van der Waals surface area contributed by atoms with Crippen LogP contribution < -0.4 is 10.1 Å². The second-order valence-corrected chi connectivity index (χ2v) is 6.94. The summed E-state index contributed by atoms with van der Waals surface area (Å²) in [6.07, 6.45) is 2.72. The van der Waals surface area contributed by atoms with Gasteiger partial charge in [-0.15, -0.1) is 10.2 Å². The fourth-order valence-electron chi connectivity index (χ4n) is 2.74. The maximum atomic E-state index is 12.3. The molecule has 1 aromatic carbocycles. The summed E-state index contributed by atoms with van der Waals surface area (Å²) >= 11 is 1.39. The van der Waals surface area contributed by atoms with Gasteiger partial charge in [0.2, 0.25) is 5.91 Å². The molecule has 0 fully saturated rings. The van der Waals surface area contributed by atoms with Crippen molar-refractivity contribution < 1.29 is 9.53 Å². The number of benzene rings is 1. The summed E-state index contributed by atoms with van der Waals surface area (Å²) in [4.78, 5) is 12.3. The molecule has 0 saturated heterocycles. The van der Waals surface area contributed by atoms with Gasteiger partial charge < -0.3 is 19.2 Å². The lowest BCUT2D eigenvalue weighted by Gasteiger charge is -2.09. The molecule has 0 saturated carbocycles. The van der Waals surface area contributed by atoms with Crippen LogP contribution in [0.1, 0.15) is 18.4 Å². The smallest absolute Gasteiger partial charge is 0.234 e. The first-order chi connectivity index (χ1) is 13.1. The third-order valence-corrected chi connectivity index (χ3v) is 5.15. The second-order valence-electron chi connectivity index (χ2n) is 6.00. The number of aromatic nitrogens is 4. The summed E-state index contributed by atoms with van der Waals surface area (Å²) in [6, 6.07) is 11.4.